The number of fused-ring (bicyclic) bond motifs is 1. The molecule has 2 aromatic rings. The molecule has 8 heteroatoms. The molecule has 2 amide bonds. The topological polar surface area (TPSA) is 109 Å². The number of aromatic nitrogens is 2. The number of amides is 2. The Morgan fingerprint density at radius 3 is 2.26 bits per heavy atom. The molecule has 0 aliphatic carbocycles. The van der Waals surface area contributed by atoms with Gasteiger partial charge in [-0.1, -0.05) is 12.1 Å². The van der Waals surface area contributed by atoms with E-state index < -0.39 is 22.4 Å². The summed E-state index contributed by atoms with van der Waals surface area (Å²) in [6.07, 6.45) is 0.957. The minimum atomic E-state index is -0.706. The van der Waals surface area contributed by atoms with Crippen molar-refractivity contribution in [1.82, 2.24) is 10.2 Å². The van der Waals surface area contributed by atoms with Gasteiger partial charge in [-0.25, -0.2) is 4.90 Å². The van der Waals surface area contributed by atoms with Crippen LogP contribution in [0.15, 0.2) is 30.5 Å². The molecule has 0 saturated heterocycles. The first-order valence-electron chi connectivity index (χ1n) is 5.27. The fraction of sp³-hybridized carbons (Fsp3) is 0. The van der Waals surface area contributed by atoms with Crippen LogP contribution in [-0.2, 0) is 0 Å². The molecular formula is C11H6N4O4. The fourth-order valence-corrected chi connectivity index (χ4v) is 1.96. The molecule has 1 aromatic carbocycles. The van der Waals surface area contributed by atoms with Gasteiger partial charge in [-0.3, -0.25) is 24.8 Å². The fourth-order valence-electron chi connectivity index (χ4n) is 1.96. The second-order valence-electron chi connectivity index (χ2n) is 3.85. The highest BCUT2D eigenvalue weighted by molar-refractivity contribution is 6.34. The monoisotopic (exact) mass is 258 g/mol. The molecule has 0 atom stereocenters. The molecule has 19 heavy (non-hydrogen) atoms. The second-order valence-corrected chi connectivity index (χ2v) is 3.85. The van der Waals surface area contributed by atoms with E-state index in [0.29, 0.717) is 0 Å². The summed E-state index contributed by atoms with van der Waals surface area (Å²) in [5, 5.41) is 16.6. The normalized spacial score (nSPS) is 13.8. The quantitative estimate of drug-likeness (QED) is 0.493. The number of anilines is 1. The predicted molar refractivity (Wildman–Crippen MR) is 62.8 cm³/mol. The largest absolute Gasteiger partial charge is 0.331 e. The van der Waals surface area contributed by atoms with Crippen molar-refractivity contribution >= 4 is 23.3 Å². The van der Waals surface area contributed by atoms with Crippen LogP contribution in [0.5, 0.6) is 0 Å². The summed E-state index contributed by atoms with van der Waals surface area (Å²) < 4.78 is 0. The number of aromatic amines is 1. The van der Waals surface area contributed by atoms with Gasteiger partial charge in [0.2, 0.25) is 5.82 Å². The van der Waals surface area contributed by atoms with Gasteiger partial charge in [0.1, 0.15) is 6.20 Å². The maximum atomic E-state index is 12.1. The van der Waals surface area contributed by atoms with Gasteiger partial charge in [0.25, 0.3) is 11.8 Å². The molecule has 0 spiro atoms. The Balaban J connectivity index is 2.14. The van der Waals surface area contributed by atoms with Gasteiger partial charge in [-0.2, -0.15) is 5.10 Å². The van der Waals surface area contributed by atoms with Crippen molar-refractivity contribution in [2.75, 3.05) is 4.90 Å². The van der Waals surface area contributed by atoms with E-state index in [4.69, 9.17) is 0 Å². The Morgan fingerprint density at radius 1 is 1.16 bits per heavy atom. The minimum absolute atomic E-state index is 0.219. The van der Waals surface area contributed by atoms with Crippen LogP contribution < -0.4 is 4.90 Å². The number of rotatable bonds is 2. The molecule has 0 bridgehead atoms. The number of H-pyrrole nitrogens is 1. The van der Waals surface area contributed by atoms with Crippen LogP contribution in [0, 0.1) is 10.1 Å². The Morgan fingerprint density at radius 2 is 1.74 bits per heavy atom. The Hall–Kier alpha value is -3.03. The van der Waals surface area contributed by atoms with E-state index in [1.807, 2.05) is 0 Å². The summed E-state index contributed by atoms with van der Waals surface area (Å²) in [5.41, 5.74) is 0.0160. The van der Waals surface area contributed by atoms with Crippen LogP contribution in [0.1, 0.15) is 20.7 Å². The average molecular weight is 258 g/mol. The predicted octanol–water partition coefficient (Wildman–Crippen LogP) is 1.12. The van der Waals surface area contributed by atoms with Crippen molar-refractivity contribution < 1.29 is 14.5 Å². The molecule has 0 fully saturated rings. The summed E-state index contributed by atoms with van der Waals surface area (Å²) in [5.74, 6) is -1.43. The maximum Gasteiger partial charge on any atom is 0.331 e. The first-order chi connectivity index (χ1) is 9.11. The summed E-state index contributed by atoms with van der Waals surface area (Å²) >= 11 is 0. The number of nitro groups is 1. The van der Waals surface area contributed by atoms with Gasteiger partial charge in [0.05, 0.1) is 16.1 Å². The SMILES string of the molecule is O=C1c2ccccc2C(=O)N1c1[nH]ncc1[N+](=O)[O-]. The molecule has 1 aliphatic rings. The summed E-state index contributed by atoms with van der Waals surface area (Å²) in [4.78, 5) is 35.1. The van der Waals surface area contributed by atoms with Crippen LogP contribution in [0.2, 0.25) is 0 Å². The number of carbonyl (C=O) groups is 2. The first-order valence-corrected chi connectivity index (χ1v) is 5.27. The Labute approximate surface area is 105 Å². The van der Waals surface area contributed by atoms with E-state index >= 15 is 0 Å². The lowest BCUT2D eigenvalue weighted by atomic mass is 10.1. The highest BCUT2D eigenvalue weighted by atomic mass is 16.6. The van der Waals surface area contributed by atoms with Crippen LogP contribution >= 0.6 is 0 Å². The third-order valence-corrected chi connectivity index (χ3v) is 2.81. The Kier molecular flexibility index (Phi) is 2.18. The highest BCUT2D eigenvalue weighted by Gasteiger charge is 2.40. The molecule has 8 nitrogen and oxygen atoms in total. The Bertz CT molecular complexity index is 686. The van der Waals surface area contributed by atoms with Gasteiger partial charge in [0, 0.05) is 0 Å². The zero-order chi connectivity index (χ0) is 13.6. The maximum absolute atomic E-state index is 12.1. The number of hydrogen-bond donors (Lipinski definition) is 1. The lowest BCUT2D eigenvalue weighted by molar-refractivity contribution is -0.384. The van der Waals surface area contributed by atoms with Crippen molar-refractivity contribution in [3.05, 3.63) is 51.7 Å². The van der Waals surface area contributed by atoms with E-state index in [9.17, 15) is 19.7 Å². The van der Waals surface area contributed by atoms with Crippen molar-refractivity contribution in [2.45, 2.75) is 0 Å². The van der Waals surface area contributed by atoms with Crippen molar-refractivity contribution in [3.63, 3.8) is 0 Å². The zero-order valence-corrected chi connectivity index (χ0v) is 9.36. The highest BCUT2D eigenvalue weighted by Crippen LogP contribution is 2.32. The summed E-state index contributed by atoms with van der Waals surface area (Å²) in [6.45, 7) is 0. The number of hydrogen-bond acceptors (Lipinski definition) is 5. The van der Waals surface area contributed by atoms with Crippen LogP contribution in [-0.4, -0.2) is 26.9 Å². The van der Waals surface area contributed by atoms with E-state index in [1.54, 1.807) is 12.1 Å². The van der Waals surface area contributed by atoms with Crippen LogP contribution in [0.3, 0.4) is 0 Å². The standard InChI is InChI=1S/C11H6N4O4/c16-10-6-3-1-2-4-7(6)11(17)14(10)9-8(15(18)19)5-12-13-9/h1-5H,(H,12,13). The molecule has 0 radical (unpaired) electrons. The summed E-state index contributed by atoms with van der Waals surface area (Å²) in [6, 6.07) is 6.24. The average Bonchev–Trinajstić information content (AvgIpc) is 2.95. The van der Waals surface area contributed by atoms with Gasteiger partial charge in [0.15, 0.2) is 0 Å². The van der Waals surface area contributed by atoms with Crippen LogP contribution in [0.25, 0.3) is 0 Å². The lowest BCUT2D eigenvalue weighted by Gasteiger charge is -2.09. The van der Waals surface area contributed by atoms with E-state index in [2.05, 4.69) is 10.2 Å². The molecule has 1 N–H and O–H groups in total. The van der Waals surface area contributed by atoms with Gasteiger partial charge < -0.3 is 0 Å². The molecule has 2 heterocycles. The molecule has 3 rings (SSSR count). The van der Waals surface area contributed by atoms with Crippen molar-refractivity contribution in [2.24, 2.45) is 0 Å². The molecule has 0 unspecified atom stereocenters. The van der Waals surface area contributed by atoms with E-state index in [0.717, 1.165) is 11.1 Å². The van der Waals surface area contributed by atoms with E-state index in [1.165, 1.54) is 12.1 Å². The number of carbonyl (C=O) groups excluding carboxylic acids is 2. The number of imide groups is 1. The van der Waals surface area contributed by atoms with Crippen molar-refractivity contribution in [3.8, 4) is 0 Å². The summed E-state index contributed by atoms with van der Waals surface area (Å²) in [7, 11) is 0. The smallest absolute Gasteiger partial charge is 0.268 e. The van der Waals surface area contributed by atoms with Crippen LogP contribution in [0.4, 0.5) is 11.5 Å². The number of benzene rings is 1. The van der Waals surface area contributed by atoms with Gasteiger partial charge in [-0.15, -0.1) is 0 Å². The second kappa shape index (κ2) is 3.73. The molecule has 1 aliphatic heterocycles. The van der Waals surface area contributed by atoms with Crippen molar-refractivity contribution in [1.29, 1.82) is 0 Å². The molecular weight excluding hydrogens is 252 g/mol. The molecule has 94 valence electrons. The number of nitrogens with zero attached hydrogens (tertiary/aromatic N) is 3. The first kappa shape index (κ1) is 11.1. The third-order valence-electron chi connectivity index (χ3n) is 2.81. The molecule has 0 saturated carbocycles. The zero-order valence-electron chi connectivity index (χ0n) is 9.36. The van der Waals surface area contributed by atoms with E-state index in [-0.39, 0.29) is 16.9 Å². The number of nitrogens with one attached hydrogen (secondary N) is 1. The third kappa shape index (κ3) is 1.43. The van der Waals surface area contributed by atoms with Gasteiger partial charge >= 0.3 is 5.69 Å². The molecule has 1 aromatic heterocycles. The lowest BCUT2D eigenvalue weighted by Crippen LogP contribution is -2.30. The minimum Gasteiger partial charge on any atom is -0.268 e. The van der Waals surface area contributed by atoms with Gasteiger partial charge in [-0.05, 0) is 12.1 Å².